The third kappa shape index (κ3) is 5.98. The van der Waals surface area contributed by atoms with Gasteiger partial charge in [-0.3, -0.25) is 0 Å². The van der Waals surface area contributed by atoms with Crippen molar-refractivity contribution in [2.75, 3.05) is 4.90 Å². The maximum absolute atomic E-state index is 6.61. The van der Waals surface area contributed by atoms with Crippen LogP contribution in [0.5, 0.6) is 0 Å². The Balaban J connectivity index is 0.975. The van der Waals surface area contributed by atoms with E-state index in [4.69, 9.17) is 8.83 Å². The average molecular weight is 780 g/mol. The van der Waals surface area contributed by atoms with Gasteiger partial charge in [0, 0.05) is 44.0 Å². The smallest absolute Gasteiger partial charge is 0.143 e. The Morgan fingerprint density at radius 2 is 0.787 bits per heavy atom. The molecule has 0 spiro atoms. The van der Waals surface area contributed by atoms with Gasteiger partial charge in [-0.15, -0.1) is 0 Å². The molecule has 0 saturated heterocycles. The number of hydrogen-bond donors (Lipinski definition) is 0. The van der Waals surface area contributed by atoms with E-state index in [1.54, 1.807) is 0 Å². The second kappa shape index (κ2) is 14.3. The molecule has 12 rings (SSSR count). The summed E-state index contributed by atoms with van der Waals surface area (Å²) in [4.78, 5) is 2.36. The normalized spacial score (nSPS) is 11.6. The van der Waals surface area contributed by atoms with Gasteiger partial charge in [-0.1, -0.05) is 164 Å². The van der Waals surface area contributed by atoms with E-state index in [2.05, 4.69) is 205 Å². The summed E-state index contributed by atoms with van der Waals surface area (Å²) in [6.45, 7) is 0. The van der Waals surface area contributed by atoms with Crippen LogP contribution >= 0.6 is 0 Å². The van der Waals surface area contributed by atoms with E-state index in [1.165, 1.54) is 27.5 Å². The lowest BCUT2D eigenvalue weighted by molar-refractivity contribution is 0.669. The highest BCUT2D eigenvalue weighted by Crippen LogP contribution is 2.45. The zero-order valence-corrected chi connectivity index (χ0v) is 33.1. The van der Waals surface area contributed by atoms with E-state index in [-0.39, 0.29) is 0 Å². The minimum atomic E-state index is 0.884. The number of para-hydroxylation sites is 4. The van der Waals surface area contributed by atoms with Gasteiger partial charge in [0.05, 0.1) is 5.69 Å². The predicted octanol–water partition coefficient (Wildman–Crippen LogP) is 16.8. The lowest BCUT2D eigenvalue weighted by Crippen LogP contribution is -2.11. The maximum atomic E-state index is 6.61. The number of benzene rings is 10. The Kier molecular flexibility index (Phi) is 8.17. The minimum Gasteiger partial charge on any atom is -0.456 e. The molecular weight excluding hydrogens is 743 g/mol. The zero-order chi connectivity index (χ0) is 40.3. The number of hydrogen-bond acceptors (Lipinski definition) is 3. The van der Waals surface area contributed by atoms with Gasteiger partial charge in [0.25, 0.3) is 0 Å². The van der Waals surface area contributed by atoms with Crippen LogP contribution in [0.15, 0.2) is 233 Å². The number of anilines is 3. The van der Waals surface area contributed by atoms with E-state index in [1.807, 2.05) is 24.3 Å². The fourth-order valence-corrected chi connectivity index (χ4v) is 9.14. The van der Waals surface area contributed by atoms with Crippen LogP contribution in [-0.4, -0.2) is 0 Å². The molecule has 0 radical (unpaired) electrons. The quantitative estimate of drug-likeness (QED) is 0.161. The fourth-order valence-electron chi connectivity index (χ4n) is 9.14. The standard InChI is InChI=1S/C58H37NO2/c1-2-16-46-40(12-1)13-10-20-47(46)43-15-9-14-41(36-43)38-26-31-44(32-27-38)59(45-33-28-39(29-34-45)42-30-35-57-53(37-42)50-19-5-7-24-55(50)60-57)54-23-6-3-17-48(54)51-21-11-22-52-49-18-4-8-25-56(49)61-58(51)52/h1-37H. The summed E-state index contributed by atoms with van der Waals surface area (Å²) in [6.07, 6.45) is 0. The topological polar surface area (TPSA) is 29.5 Å². The van der Waals surface area contributed by atoms with Crippen molar-refractivity contribution < 1.29 is 8.83 Å². The first-order valence-electron chi connectivity index (χ1n) is 20.7. The van der Waals surface area contributed by atoms with Crippen LogP contribution in [0.4, 0.5) is 17.1 Å². The molecule has 0 N–H and O–H groups in total. The lowest BCUT2D eigenvalue weighted by atomic mass is 9.95. The van der Waals surface area contributed by atoms with Gasteiger partial charge in [-0.05, 0) is 105 Å². The largest absolute Gasteiger partial charge is 0.456 e. The molecule has 0 aliphatic heterocycles. The average Bonchev–Trinajstić information content (AvgIpc) is 3.91. The van der Waals surface area contributed by atoms with Crippen molar-refractivity contribution in [2.45, 2.75) is 0 Å². The van der Waals surface area contributed by atoms with Crippen molar-refractivity contribution in [3.8, 4) is 44.5 Å². The van der Waals surface area contributed by atoms with Gasteiger partial charge in [0.1, 0.15) is 22.3 Å². The van der Waals surface area contributed by atoms with Gasteiger partial charge in [-0.25, -0.2) is 0 Å². The second-order valence-corrected chi connectivity index (χ2v) is 15.6. The molecule has 12 aromatic rings. The number of rotatable bonds is 7. The monoisotopic (exact) mass is 779 g/mol. The van der Waals surface area contributed by atoms with Gasteiger partial charge >= 0.3 is 0 Å². The second-order valence-electron chi connectivity index (χ2n) is 15.6. The highest BCUT2D eigenvalue weighted by Gasteiger charge is 2.21. The summed E-state index contributed by atoms with van der Waals surface area (Å²) in [7, 11) is 0. The number of furan rings is 2. The molecule has 2 aromatic heterocycles. The molecule has 0 atom stereocenters. The van der Waals surface area contributed by atoms with E-state index >= 15 is 0 Å². The van der Waals surface area contributed by atoms with E-state index in [0.717, 1.165) is 88.8 Å². The molecule has 3 nitrogen and oxygen atoms in total. The summed E-state index contributed by atoms with van der Waals surface area (Å²) in [5.41, 5.74) is 15.9. The first-order chi connectivity index (χ1) is 30.2. The van der Waals surface area contributed by atoms with Crippen molar-refractivity contribution >= 4 is 71.7 Å². The summed E-state index contributed by atoms with van der Waals surface area (Å²) >= 11 is 0. The molecule has 0 saturated carbocycles. The zero-order valence-electron chi connectivity index (χ0n) is 33.1. The Morgan fingerprint density at radius 1 is 0.279 bits per heavy atom. The van der Waals surface area contributed by atoms with Gasteiger partial charge in [-0.2, -0.15) is 0 Å². The van der Waals surface area contributed by atoms with E-state index in [9.17, 15) is 0 Å². The third-order valence-corrected chi connectivity index (χ3v) is 12.1. The molecule has 10 aromatic carbocycles. The fraction of sp³-hybridized carbons (Fsp3) is 0. The van der Waals surface area contributed by atoms with Crippen molar-refractivity contribution in [3.05, 3.63) is 224 Å². The van der Waals surface area contributed by atoms with Crippen LogP contribution < -0.4 is 4.90 Å². The first kappa shape index (κ1) is 34.9. The molecule has 3 heteroatoms. The van der Waals surface area contributed by atoms with Crippen LogP contribution in [0.25, 0.3) is 99.2 Å². The van der Waals surface area contributed by atoms with E-state index in [0.29, 0.717) is 0 Å². The minimum absolute atomic E-state index is 0.884. The Hall–Kier alpha value is -8.14. The van der Waals surface area contributed by atoms with Crippen LogP contribution in [0.1, 0.15) is 0 Å². The molecule has 0 bridgehead atoms. The van der Waals surface area contributed by atoms with Crippen molar-refractivity contribution in [3.63, 3.8) is 0 Å². The highest BCUT2D eigenvalue weighted by atomic mass is 16.3. The van der Waals surface area contributed by atoms with Gasteiger partial charge in [0.2, 0.25) is 0 Å². The number of nitrogens with zero attached hydrogens (tertiary/aromatic N) is 1. The van der Waals surface area contributed by atoms with Crippen molar-refractivity contribution in [1.82, 2.24) is 0 Å². The van der Waals surface area contributed by atoms with Gasteiger partial charge in [0.15, 0.2) is 0 Å². The predicted molar refractivity (Wildman–Crippen MR) is 255 cm³/mol. The molecule has 0 aliphatic rings. The summed E-state index contributed by atoms with van der Waals surface area (Å²) in [5, 5.41) is 6.97. The Labute approximate surface area is 353 Å². The van der Waals surface area contributed by atoms with Gasteiger partial charge < -0.3 is 13.7 Å². The van der Waals surface area contributed by atoms with Crippen molar-refractivity contribution in [2.24, 2.45) is 0 Å². The maximum Gasteiger partial charge on any atom is 0.143 e. The van der Waals surface area contributed by atoms with Crippen LogP contribution in [0.3, 0.4) is 0 Å². The molecule has 0 amide bonds. The molecule has 61 heavy (non-hydrogen) atoms. The molecule has 286 valence electrons. The van der Waals surface area contributed by atoms with E-state index < -0.39 is 0 Å². The lowest BCUT2D eigenvalue weighted by Gasteiger charge is -2.28. The van der Waals surface area contributed by atoms with Crippen LogP contribution in [-0.2, 0) is 0 Å². The summed E-state index contributed by atoms with van der Waals surface area (Å²) < 4.78 is 12.8. The molecule has 0 fully saturated rings. The van der Waals surface area contributed by atoms with Crippen LogP contribution in [0, 0.1) is 0 Å². The first-order valence-corrected chi connectivity index (χ1v) is 20.7. The highest BCUT2D eigenvalue weighted by molar-refractivity contribution is 6.11. The Morgan fingerprint density at radius 3 is 1.57 bits per heavy atom. The molecule has 2 heterocycles. The third-order valence-electron chi connectivity index (χ3n) is 12.1. The summed E-state index contributed by atoms with van der Waals surface area (Å²) in [6, 6.07) is 80.0. The van der Waals surface area contributed by atoms with Crippen molar-refractivity contribution in [1.29, 1.82) is 0 Å². The molecular formula is C58H37NO2. The molecule has 0 aliphatic carbocycles. The molecule has 0 unspecified atom stereocenters. The summed E-state index contributed by atoms with van der Waals surface area (Å²) in [5.74, 6) is 0. The SMILES string of the molecule is c1cc(-c2ccc(N(c3ccc(-c4ccc5oc6ccccc6c5c4)cc3)c3ccccc3-c3cccc4c3oc3ccccc34)cc2)cc(-c2cccc3ccccc23)c1. The number of fused-ring (bicyclic) bond motifs is 7. The van der Waals surface area contributed by atoms with Crippen LogP contribution in [0.2, 0.25) is 0 Å². The Bertz CT molecular complexity index is 3590.